The molecule has 0 aliphatic carbocycles. The average molecular weight is 288 g/mol. The van der Waals surface area contributed by atoms with E-state index in [0.29, 0.717) is 24.8 Å². The Morgan fingerprint density at radius 1 is 1.26 bits per heavy atom. The van der Waals surface area contributed by atoms with Crippen LogP contribution in [-0.2, 0) is 16.6 Å². The molecule has 0 aliphatic rings. The highest BCUT2D eigenvalue weighted by Crippen LogP contribution is 2.15. The second kappa shape index (κ2) is 7.07. The number of furan rings is 1. The van der Waals surface area contributed by atoms with Gasteiger partial charge < -0.3 is 9.73 Å². The van der Waals surface area contributed by atoms with Crippen LogP contribution in [-0.4, -0.2) is 21.5 Å². The predicted octanol–water partition coefficient (Wildman–Crippen LogP) is 1.96. The largest absolute Gasteiger partial charge is 0.447 e. The van der Waals surface area contributed by atoms with Crippen molar-refractivity contribution >= 4 is 10.0 Å². The molecule has 0 spiro atoms. The van der Waals surface area contributed by atoms with Crippen molar-refractivity contribution in [1.82, 2.24) is 10.0 Å². The Balaban J connectivity index is 2.64. The summed E-state index contributed by atoms with van der Waals surface area (Å²) >= 11 is 0. The first-order valence-electron chi connectivity index (χ1n) is 6.66. The van der Waals surface area contributed by atoms with Crippen LogP contribution in [0, 0.1) is 11.8 Å². The van der Waals surface area contributed by atoms with Gasteiger partial charge in [-0.3, -0.25) is 0 Å². The molecular weight excluding hydrogens is 264 g/mol. The Labute approximate surface area is 115 Å². The van der Waals surface area contributed by atoms with Gasteiger partial charge in [-0.15, -0.1) is 0 Å². The maximum atomic E-state index is 12.0. The van der Waals surface area contributed by atoms with Gasteiger partial charge in [-0.2, -0.15) is 0 Å². The summed E-state index contributed by atoms with van der Waals surface area (Å²) in [5.41, 5.74) is 0. The second-order valence-electron chi connectivity index (χ2n) is 5.07. The van der Waals surface area contributed by atoms with E-state index in [4.69, 9.17) is 4.42 Å². The molecule has 1 rings (SSSR count). The minimum atomic E-state index is -3.54. The van der Waals surface area contributed by atoms with Crippen LogP contribution < -0.4 is 10.0 Å². The molecule has 0 saturated heterocycles. The Hall–Kier alpha value is -0.850. The first-order chi connectivity index (χ1) is 8.86. The number of hydrogen-bond donors (Lipinski definition) is 2. The van der Waals surface area contributed by atoms with Crippen LogP contribution in [0.25, 0.3) is 0 Å². The van der Waals surface area contributed by atoms with Gasteiger partial charge in [0.1, 0.15) is 5.76 Å². The SMILES string of the molecule is CCNCc1ccc(S(=O)(=O)NCC(C)C(C)C)o1. The van der Waals surface area contributed by atoms with Gasteiger partial charge in [0.05, 0.1) is 6.54 Å². The zero-order valence-corrected chi connectivity index (χ0v) is 12.9. The van der Waals surface area contributed by atoms with Crippen LogP contribution in [0.15, 0.2) is 21.6 Å². The van der Waals surface area contributed by atoms with Gasteiger partial charge in [0.15, 0.2) is 0 Å². The molecule has 1 aromatic heterocycles. The fourth-order valence-corrected chi connectivity index (χ4v) is 2.48. The van der Waals surface area contributed by atoms with Crippen molar-refractivity contribution in [1.29, 1.82) is 0 Å². The summed E-state index contributed by atoms with van der Waals surface area (Å²) < 4.78 is 32.0. The summed E-state index contributed by atoms with van der Waals surface area (Å²) in [6, 6.07) is 3.18. The summed E-state index contributed by atoms with van der Waals surface area (Å²) in [5, 5.41) is 3.07. The molecule has 1 heterocycles. The second-order valence-corrected chi connectivity index (χ2v) is 6.77. The third-order valence-corrected chi connectivity index (χ3v) is 4.48. The van der Waals surface area contributed by atoms with Crippen LogP contribution in [0.2, 0.25) is 0 Å². The molecule has 5 nitrogen and oxygen atoms in total. The van der Waals surface area contributed by atoms with Crippen LogP contribution in [0.3, 0.4) is 0 Å². The molecule has 0 amide bonds. The third kappa shape index (κ3) is 4.97. The highest BCUT2D eigenvalue weighted by Gasteiger charge is 2.20. The monoisotopic (exact) mass is 288 g/mol. The average Bonchev–Trinajstić information content (AvgIpc) is 2.82. The molecule has 0 aromatic carbocycles. The Kier molecular flexibility index (Phi) is 6.03. The lowest BCUT2D eigenvalue weighted by Crippen LogP contribution is -2.30. The summed E-state index contributed by atoms with van der Waals surface area (Å²) in [4.78, 5) is 0. The van der Waals surface area contributed by atoms with E-state index < -0.39 is 10.0 Å². The van der Waals surface area contributed by atoms with E-state index in [1.165, 1.54) is 6.07 Å². The fourth-order valence-electron chi connectivity index (χ4n) is 1.39. The molecule has 0 radical (unpaired) electrons. The van der Waals surface area contributed by atoms with E-state index in [1.54, 1.807) is 6.07 Å². The van der Waals surface area contributed by atoms with Gasteiger partial charge in [0.2, 0.25) is 5.09 Å². The van der Waals surface area contributed by atoms with E-state index in [1.807, 2.05) is 13.8 Å². The van der Waals surface area contributed by atoms with Crippen LogP contribution in [0.4, 0.5) is 0 Å². The summed E-state index contributed by atoms with van der Waals surface area (Å²) in [5.74, 6) is 1.34. The van der Waals surface area contributed by atoms with Gasteiger partial charge in [-0.25, -0.2) is 13.1 Å². The van der Waals surface area contributed by atoms with Crippen LogP contribution in [0.1, 0.15) is 33.5 Å². The Morgan fingerprint density at radius 2 is 1.95 bits per heavy atom. The van der Waals surface area contributed by atoms with E-state index in [0.717, 1.165) is 6.54 Å². The van der Waals surface area contributed by atoms with Crippen molar-refractivity contribution < 1.29 is 12.8 Å². The quantitative estimate of drug-likeness (QED) is 0.767. The number of sulfonamides is 1. The minimum Gasteiger partial charge on any atom is -0.447 e. The maximum absolute atomic E-state index is 12.0. The molecular formula is C13H24N2O3S. The van der Waals surface area contributed by atoms with Gasteiger partial charge >= 0.3 is 0 Å². The molecule has 1 aromatic rings. The molecule has 6 heteroatoms. The highest BCUT2D eigenvalue weighted by atomic mass is 32.2. The third-order valence-electron chi connectivity index (χ3n) is 3.18. The van der Waals surface area contributed by atoms with Crippen molar-refractivity contribution in [3.05, 3.63) is 17.9 Å². The van der Waals surface area contributed by atoms with Crippen LogP contribution in [0.5, 0.6) is 0 Å². The zero-order chi connectivity index (χ0) is 14.5. The number of hydrogen-bond acceptors (Lipinski definition) is 4. The van der Waals surface area contributed by atoms with Crippen molar-refractivity contribution in [3.8, 4) is 0 Å². The highest BCUT2D eigenvalue weighted by molar-refractivity contribution is 7.89. The topological polar surface area (TPSA) is 71.3 Å². The van der Waals surface area contributed by atoms with E-state index >= 15 is 0 Å². The van der Waals surface area contributed by atoms with Gasteiger partial charge in [0, 0.05) is 6.54 Å². The summed E-state index contributed by atoms with van der Waals surface area (Å²) in [7, 11) is -3.54. The first kappa shape index (κ1) is 16.2. The fraction of sp³-hybridized carbons (Fsp3) is 0.692. The van der Waals surface area contributed by atoms with Gasteiger partial charge in [-0.1, -0.05) is 27.7 Å². The maximum Gasteiger partial charge on any atom is 0.273 e. The molecule has 0 aliphatic heterocycles. The number of nitrogens with one attached hydrogen (secondary N) is 2. The molecule has 19 heavy (non-hydrogen) atoms. The lowest BCUT2D eigenvalue weighted by molar-refractivity contribution is 0.390. The molecule has 0 bridgehead atoms. The van der Waals surface area contributed by atoms with Crippen molar-refractivity contribution in [3.63, 3.8) is 0 Å². The van der Waals surface area contributed by atoms with Crippen molar-refractivity contribution in [2.45, 2.75) is 39.3 Å². The van der Waals surface area contributed by atoms with Crippen LogP contribution >= 0.6 is 0 Å². The predicted molar refractivity (Wildman–Crippen MR) is 75.3 cm³/mol. The van der Waals surface area contributed by atoms with E-state index in [9.17, 15) is 8.42 Å². The van der Waals surface area contributed by atoms with Crippen molar-refractivity contribution in [2.75, 3.05) is 13.1 Å². The number of rotatable bonds is 8. The molecule has 0 fully saturated rings. The lowest BCUT2D eigenvalue weighted by Gasteiger charge is -2.15. The molecule has 110 valence electrons. The summed E-state index contributed by atoms with van der Waals surface area (Å²) in [6.07, 6.45) is 0. The normalized spacial score (nSPS) is 13.9. The molecule has 1 atom stereocenters. The molecule has 2 N–H and O–H groups in total. The lowest BCUT2D eigenvalue weighted by atomic mass is 9.99. The van der Waals surface area contributed by atoms with E-state index in [2.05, 4.69) is 23.9 Å². The zero-order valence-electron chi connectivity index (χ0n) is 12.1. The first-order valence-corrected chi connectivity index (χ1v) is 8.14. The van der Waals surface area contributed by atoms with Crippen molar-refractivity contribution in [2.24, 2.45) is 11.8 Å². The Morgan fingerprint density at radius 3 is 2.53 bits per heavy atom. The van der Waals surface area contributed by atoms with Gasteiger partial charge in [-0.05, 0) is 30.5 Å². The smallest absolute Gasteiger partial charge is 0.273 e. The summed E-state index contributed by atoms with van der Waals surface area (Å²) in [6.45, 7) is 9.91. The standard InChI is InChI=1S/C13H24N2O3S/c1-5-14-9-12-6-7-13(18-12)19(16,17)15-8-11(4)10(2)3/h6-7,10-11,14-15H,5,8-9H2,1-4H3. The molecule has 0 saturated carbocycles. The molecule has 1 unspecified atom stereocenters. The minimum absolute atomic E-state index is 0.0173. The van der Waals surface area contributed by atoms with E-state index in [-0.39, 0.29) is 11.0 Å². The Bertz CT molecular complexity index is 480. The van der Waals surface area contributed by atoms with Gasteiger partial charge in [0.25, 0.3) is 10.0 Å².